The minimum atomic E-state index is -3.63. The Morgan fingerprint density at radius 2 is 1.79 bits per heavy atom. The second kappa shape index (κ2) is 6.40. The molecule has 1 aliphatic rings. The molecule has 0 bridgehead atoms. The molecule has 0 saturated heterocycles. The maximum absolute atomic E-state index is 12.7. The van der Waals surface area contributed by atoms with E-state index in [0.29, 0.717) is 18.7 Å². The molecule has 1 amide bonds. The molecule has 3 rings (SSSR count). The first-order valence-electron chi connectivity index (χ1n) is 8.01. The Balaban J connectivity index is 1.79. The molecule has 0 aliphatic carbocycles. The van der Waals surface area contributed by atoms with Crippen molar-refractivity contribution in [1.29, 1.82) is 0 Å². The van der Waals surface area contributed by atoms with Crippen LogP contribution in [0.3, 0.4) is 0 Å². The van der Waals surface area contributed by atoms with Gasteiger partial charge in [-0.1, -0.05) is 36.4 Å². The van der Waals surface area contributed by atoms with E-state index >= 15 is 0 Å². The van der Waals surface area contributed by atoms with Gasteiger partial charge in [0, 0.05) is 13.1 Å². The molecule has 2 aromatic rings. The van der Waals surface area contributed by atoms with E-state index in [1.807, 2.05) is 31.2 Å². The Hall–Kier alpha value is -2.14. The molecule has 1 heterocycles. The van der Waals surface area contributed by atoms with Crippen LogP contribution >= 0.6 is 0 Å². The average molecular weight is 343 g/mol. The summed E-state index contributed by atoms with van der Waals surface area (Å²) >= 11 is 0. The summed E-state index contributed by atoms with van der Waals surface area (Å²) < 4.78 is 25.3. The first-order chi connectivity index (χ1) is 11.4. The van der Waals surface area contributed by atoms with Crippen LogP contribution in [0.1, 0.15) is 22.3 Å². The third kappa shape index (κ3) is 3.36. The van der Waals surface area contributed by atoms with Crippen LogP contribution in [0, 0.1) is 13.8 Å². The fourth-order valence-corrected chi connectivity index (χ4v) is 4.67. The summed E-state index contributed by atoms with van der Waals surface area (Å²) in [4.78, 5) is 14.4. The summed E-state index contributed by atoms with van der Waals surface area (Å²) in [5, 5.41) is 0. The van der Waals surface area contributed by atoms with E-state index in [1.165, 1.54) is 5.56 Å². The molecule has 5 heteroatoms. The van der Waals surface area contributed by atoms with Gasteiger partial charge in [-0.15, -0.1) is 0 Å². The minimum Gasteiger partial charge on any atom is -0.337 e. The van der Waals surface area contributed by atoms with Crippen LogP contribution in [0.25, 0.3) is 0 Å². The van der Waals surface area contributed by atoms with E-state index in [9.17, 15) is 13.2 Å². The monoisotopic (exact) mass is 343 g/mol. The molecule has 0 atom stereocenters. The molecule has 0 radical (unpaired) electrons. The number of sulfone groups is 1. The molecule has 0 unspecified atom stereocenters. The van der Waals surface area contributed by atoms with Gasteiger partial charge in [0.2, 0.25) is 5.91 Å². The van der Waals surface area contributed by atoms with Crippen LogP contribution in [-0.2, 0) is 27.6 Å². The number of carbonyl (C=O) groups is 1. The van der Waals surface area contributed by atoms with Gasteiger partial charge >= 0.3 is 0 Å². The Bertz CT molecular complexity index is 887. The van der Waals surface area contributed by atoms with Crippen molar-refractivity contribution in [2.45, 2.75) is 31.7 Å². The summed E-state index contributed by atoms with van der Waals surface area (Å²) in [5.41, 5.74) is 3.89. The highest BCUT2D eigenvalue weighted by molar-refractivity contribution is 7.92. The molecule has 0 aromatic heterocycles. The zero-order chi connectivity index (χ0) is 17.3. The summed E-state index contributed by atoms with van der Waals surface area (Å²) in [6.45, 7) is 4.66. The van der Waals surface area contributed by atoms with Crippen molar-refractivity contribution in [3.8, 4) is 0 Å². The highest BCUT2D eigenvalue weighted by atomic mass is 32.2. The van der Waals surface area contributed by atoms with Gasteiger partial charge in [0.05, 0.1) is 4.90 Å². The number of aryl methyl sites for hydroxylation is 2. The number of fused-ring (bicyclic) bond motifs is 1. The lowest BCUT2D eigenvalue weighted by atomic mass is 10.00. The SMILES string of the molecule is Cc1ccc(C)c(S(=O)(=O)CC(=O)N2CCc3ccccc3C2)c1. The van der Waals surface area contributed by atoms with Gasteiger partial charge in [0.25, 0.3) is 0 Å². The van der Waals surface area contributed by atoms with Gasteiger partial charge in [0.15, 0.2) is 9.84 Å². The number of nitrogens with zero attached hydrogens (tertiary/aromatic N) is 1. The zero-order valence-corrected chi connectivity index (χ0v) is 14.8. The third-order valence-corrected chi connectivity index (χ3v) is 6.21. The van der Waals surface area contributed by atoms with Crippen LogP contribution in [0.15, 0.2) is 47.4 Å². The van der Waals surface area contributed by atoms with Gasteiger partial charge in [0.1, 0.15) is 5.75 Å². The van der Waals surface area contributed by atoms with E-state index in [4.69, 9.17) is 0 Å². The Morgan fingerprint density at radius 1 is 1.08 bits per heavy atom. The number of rotatable bonds is 3. The second-order valence-corrected chi connectivity index (χ2v) is 8.32. The molecule has 0 spiro atoms. The lowest BCUT2D eigenvalue weighted by Crippen LogP contribution is -2.39. The van der Waals surface area contributed by atoms with Crippen LogP contribution in [0.4, 0.5) is 0 Å². The second-order valence-electron chi connectivity index (χ2n) is 6.36. The predicted molar refractivity (Wildman–Crippen MR) is 93.5 cm³/mol. The Morgan fingerprint density at radius 3 is 2.54 bits per heavy atom. The zero-order valence-electron chi connectivity index (χ0n) is 14.0. The lowest BCUT2D eigenvalue weighted by Gasteiger charge is -2.28. The maximum atomic E-state index is 12.7. The fourth-order valence-electron chi connectivity index (χ4n) is 3.08. The van der Waals surface area contributed by atoms with Crippen molar-refractivity contribution < 1.29 is 13.2 Å². The molecule has 24 heavy (non-hydrogen) atoms. The van der Waals surface area contributed by atoms with Crippen LogP contribution in [0.2, 0.25) is 0 Å². The average Bonchev–Trinajstić information content (AvgIpc) is 2.56. The first-order valence-corrected chi connectivity index (χ1v) is 9.66. The molecular formula is C19H21NO3S. The minimum absolute atomic E-state index is 0.258. The molecule has 0 fully saturated rings. The summed E-state index contributed by atoms with van der Waals surface area (Å²) in [7, 11) is -3.63. The van der Waals surface area contributed by atoms with E-state index < -0.39 is 15.6 Å². The summed E-state index contributed by atoms with van der Waals surface area (Å²) in [6, 6.07) is 13.3. The van der Waals surface area contributed by atoms with Crippen molar-refractivity contribution in [1.82, 2.24) is 4.90 Å². The van der Waals surface area contributed by atoms with Crippen LogP contribution in [-0.4, -0.2) is 31.5 Å². The largest absolute Gasteiger partial charge is 0.337 e. The molecule has 1 aliphatic heterocycles. The van der Waals surface area contributed by atoms with E-state index in [2.05, 4.69) is 6.07 Å². The molecule has 2 aromatic carbocycles. The molecule has 126 valence electrons. The van der Waals surface area contributed by atoms with E-state index in [-0.39, 0.29) is 10.8 Å². The standard InChI is InChI=1S/C19H21NO3S/c1-14-7-8-15(2)18(11-14)24(22,23)13-19(21)20-10-9-16-5-3-4-6-17(16)12-20/h3-8,11H,9-10,12-13H2,1-2H3. The van der Waals surface area contributed by atoms with Gasteiger partial charge in [-0.3, -0.25) is 4.79 Å². The summed E-state index contributed by atoms with van der Waals surface area (Å²) in [6.07, 6.45) is 0.769. The fraction of sp³-hybridized carbons (Fsp3) is 0.316. The quantitative estimate of drug-likeness (QED) is 0.861. The van der Waals surface area contributed by atoms with Gasteiger partial charge in [-0.25, -0.2) is 8.42 Å². The number of hydrogen-bond donors (Lipinski definition) is 0. The van der Waals surface area contributed by atoms with Gasteiger partial charge in [-0.2, -0.15) is 0 Å². The van der Waals surface area contributed by atoms with E-state index in [0.717, 1.165) is 17.5 Å². The number of hydrogen-bond acceptors (Lipinski definition) is 3. The highest BCUT2D eigenvalue weighted by Gasteiger charge is 2.27. The maximum Gasteiger partial charge on any atom is 0.238 e. The third-order valence-electron chi connectivity index (χ3n) is 4.48. The molecule has 0 saturated carbocycles. The van der Waals surface area contributed by atoms with Crippen molar-refractivity contribution in [3.05, 3.63) is 64.7 Å². The Kier molecular flexibility index (Phi) is 4.45. The van der Waals surface area contributed by atoms with Crippen molar-refractivity contribution in [2.75, 3.05) is 12.3 Å². The highest BCUT2D eigenvalue weighted by Crippen LogP contribution is 2.21. The molecule has 0 N–H and O–H groups in total. The van der Waals surface area contributed by atoms with Crippen LogP contribution in [0.5, 0.6) is 0 Å². The predicted octanol–water partition coefficient (Wildman–Crippen LogP) is 2.66. The number of amides is 1. The van der Waals surface area contributed by atoms with Crippen molar-refractivity contribution in [2.24, 2.45) is 0 Å². The number of benzene rings is 2. The normalized spacial score (nSPS) is 14.3. The smallest absolute Gasteiger partial charge is 0.238 e. The lowest BCUT2D eigenvalue weighted by molar-refractivity contribution is -0.129. The van der Waals surface area contributed by atoms with Crippen molar-refractivity contribution in [3.63, 3.8) is 0 Å². The number of carbonyl (C=O) groups excluding carboxylic acids is 1. The Labute approximate surface area is 143 Å². The van der Waals surface area contributed by atoms with Crippen molar-refractivity contribution >= 4 is 15.7 Å². The van der Waals surface area contributed by atoms with Gasteiger partial charge < -0.3 is 4.90 Å². The first kappa shape index (κ1) is 16.7. The van der Waals surface area contributed by atoms with Crippen LogP contribution < -0.4 is 0 Å². The molecule has 4 nitrogen and oxygen atoms in total. The topological polar surface area (TPSA) is 54.5 Å². The molecular weight excluding hydrogens is 322 g/mol. The van der Waals surface area contributed by atoms with Gasteiger partial charge in [-0.05, 0) is 48.6 Å². The van der Waals surface area contributed by atoms with E-state index in [1.54, 1.807) is 24.0 Å². The summed E-state index contributed by atoms with van der Waals surface area (Å²) in [5.74, 6) is -0.801.